The Morgan fingerprint density at radius 3 is 2.74 bits per heavy atom. The van der Waals surface area contributed by atoms with Crippen molar-refractivity contribution >= 4 is 17.6 Å². The van der Waals surface area contributed by atoms with Crippen LogP contribution < -0.4 is 0 Å². The normalized spacial score (nSPS) is 11.9. The maximum absolute atomic E-state index is 12.5. The molecule has 0 unspecified atom stereocenters. The minimum Gasteiger partial charge on any atom is -0.391 e. The summed E-state index contributed by atoms with van der Waals surface area (Å²) in [6.07, 6.45) is -2.81. The average Bonchev–Trinajstić information content (AvgIpc) is 2.87. The lowest BCUT2D eigenvalue weighted by Crippen LogP contribution is -2.05. The van der Waals surface area contributed by atoms with Crippen LogP contribution in [0, 0.1) is 0 Å². The van der Waals surface area contributed by atoms with Crippen LogP contribution in [0.5, 0.6) is 0 Å². The first-order valence-electron chi connectivity index (χ1n) is 5.41. The van der Waals surface area contributed by atoms with E-state index < -0.39 is 11.7 Å². The molecule has 0 atom stereocenters. The van der Waals surface area contributed by atoms with E-state index in [2.05, 4.69) is 5.16 Å². The Kier molecular flexibility index (Phi) is 4.21. The van der Waals surface area contributed by atoms with Gasteiger partial charge in [-0.2, -0.15) is 13.2 Å². The van der Waals surface area contributed by atoms with Crippen LogP contribution in [-0.4, -0.2) is 6.21 Å². The van der Waals surface area contributed by atoms with E-state index in [0.717, 1.165) is 17.0 Å². The van der Waals surface area contributed by atoms with Gasteiger partial charge in [-0.15, -0.1) is 11.3 Å². The molecule has 0 aliphatic heterocycles. The summed E-state index contributed by atoms with van der Waals surface area (Å²) in [5, 5.41) is 5.60. The van der Waals surface area contributed by atoms with Crippen molar-refractivity contribution in [1.82, 2.24) is 0 Å². The van der Waals surface area contributed by atoms with Gasteiger partial charge in [0.05, 0.1) is 11.8 Å². The van der Waals surface area contributed by atoms with Gasteiger partial charge in [-0.25, -0.2) is 0 Å². The van der Waals surface area contributed by atoms with Crippen molar-refractivity contribution < 1.29 is 18.0 Å². The number of oxime groups is 1. The minimum atomic E-state index is -4.34. The zero-order valence-electron chi connectivity index (χ0n) is 9.72. The number of thiophene rings is 1. The second kappa shape index (κ2) is 5.88. The Bertz CT molecular complexity index is 549. The van der Waals surface area contributed by atoms with Crippen molar-refractivity contribution in [3.63, 3.8) is 0 Å². The smallest absolute Gasteiger partial charge is 0.391 e. The fourth-order valence-corrected chi connectivity index (χ4v) is 1.98. The van der Waals surface area contributed by atoms with Gasteiger partial charge in [0.1, 0.15) is 6.61 Å². The fourth-order valence-electron chi connectivity index (χ4n) is 1.40. The van der Waals surface area contributed by atoms with Gasteiger partial charge in [-0.05, 0) is 29.1 Å². The molecule has 0 radical (unpaired) electrons. The molecule has 0 aliphatic carbocycles. The zero-order chi connectivity index (χ0) is 13.7. The summed E-state index contributed by atoms with van der Waals surface area (Å²) in [6.45, 7) is 0.00575. The van der Waals surface area contributed by atoms with Crippen LogP contribution in [0.1, 0.15) is 16.0 Å². The summed E-state index contributed by atoms with van der Waals surface area (Å²) >= 11 is 1.50. The van der Waals surface area contributed by atoms with Crippen LogP contribution in [0.25, 0.3) is 0 Å². The van der Waals surface area contributed by atoms with E-state index >= 15 is 0 Å². The lowest BCUT2D eigenvalue weighted by atomic mass is 10.1. The van der Waals surface area contributed by atoms with E-state index in [1.165, 1.54) is 23.6 Å². The summed E-state index contributed by atoms with van der Waals surface area (Å²) in [4.78, 5) is 5.89. The average molecular weight is 285 g/mol. The summed E-state index contributed by atoms with van der Waals surface area (Å²) in [5.74, 6) is 0. The molecule has 2 aromatic rings. The van der Waals surface area contributed by atoms with Gasteiger partial charge in [-0.1, -0.05) is 23.4 Å². The van der Waals surface area contributed by atoms with E-state index in [0.29, 0.717) is 5.56 Å². The largest absolute Gasteiger partial charge is 0.416 e. The highest BCUT2D eigenvalue weighted by Gasteiger charge is 2.30. The molecule has 1 heterocycles. The Balaban J connectivity index is 1.93. The summed E-state index contributed by atoms with van der Waals surface area (Å²) < 4.78 is 37.4. The first-order valence-corrected chi connectivity index (χ1v) is 6.28. The highest BCUT2D eigenvalue weighted by atomic mass is 32.1. The zero-order valence-corrected chi connectivity index (χ0v) is 10.5. The van der Waals surface area contributed by atoms with Crippen LogP contribution in [0.4, 0.5) is 13.2 Å². The highest BCUT2D eigenvalue weighted by Crippen LogP contribution is 2.29. The third-order valence-electron chi connectivity index (χ3n) is 2.28. The van der Waals surface area contributed by atoms with E-state index in [9.17, 15) is 13.2 Å². The van der Waals surface area contributed by atoms with E-state index in [-0.39, 0.29) is 6.61 Å². The molecule has 0 saturated carbocycles. The van der Waals surface area contributed by atoms with Gasteiger partial charge in [0.15, 0.2) is 0 Å². The second-order valence-corrected chi connectivity index (χ2v) is 4.70. The monoisotopic (exact) mass is 285 g/mol. The molecule has 19 heavy (non-hydrogen) atoms. The molecule has 2 rings (SSSR count). The lowest BCUT2D eigenvalue weighted by molar-refractivity contribution is -0.137. The number of halogens is 3. The Labute approximate surface area is 112 Å². The SMILES string of the molecule is FC(F)(F)c1cccc(CON=Cc2cccs2)c1. The Morgan fingerprint density at radius 2 is 2.05 bits per heavy atom. The Morgan fingerprint density at radius 1 is 1.21 bits per heavy atom. The lowest BCUT2D eigenvalue weighted by Gasteiger charge is -2.07. The van der Waals surface area contributed by atoms with Crippen LogP contribution in [0.15, 0.2) is 46.9 Å². The minimum absolute atomic E-state index is 0.00575. The van der Waals surface area contributed by atoms with Crippen molar-refractivity contribution in [2.75, 3.05) is 0 Å². The number of rotatable bonds is 4. The topological polar surface area (TPSA) is 21.6 Å². The highest BCUT2D eigenvalue weighted by molar-refractivity contribution is 7.11. The number of alkyl halides is 3. The molecule has 0 amide bonds. The first-order chi connectivity index (χ1) is 9.05. The molecule has 6 heteroatoms. The van der Waals surface area contributed by atoms with Crippen LogP contribution in [0.2, 0.25) is 0 Å². The molecule has 0 aliphatic rings. The molecule has 1 aromatic heterocycles. The van der Waals surface area contributed by atoms with Crippen LogP contribution in [0.3, 0.4) is 0 Å². The summed E-state index contributed by atoms with van der Waals surface area (Å²) in [6, 6.07) is 8.74. The quantitative estimate of drug-likeness (QED) is 0.605. The first kappa shape index (κ1) is 13.6. The molecule has 2 nitrogen and oxygen atoms in total. The third kappa shape index (κ3) is 4.10. The van der Waals surface area contributed by atoms with E-state index in [1.807, 2.05) is 17.5 Å². The fraction of sp³-hybridized carbons (Fsp3) is 0.154. The molecule has 0 fully saturated rings. The number of hydrogen-bond donors (Lipinski definition) is 0. The predicted molar refractivity (Wildman–Crippen MR) is 68.1 cm³/mol. The molecule has 0 spiro atoms. The molecule has 0 N–H and O–H groups in total. The maximum Gasteiger partial charge on any atom is 0.416 e. The van der Waals surface area contributed by atoms with Crippen LogP contribution in [-0.2, 0) is 17.6 Å². The maximum atomic E-state index is 12.5. The molecule has 0 saturated heterocycles. The molecule has 100 valence electrons. The number of nitrogens with zero attached hydrogens (tertiary/aromatic N) is 1. The van der Waals surface area contributed by atoms with Crippen molar-refractivity contribution in [2.24, 2.45) is 5.16 Å². The van der Waals surface area contributed by atoms with Crippen molar-refractivity contribution in [3.05, 3.63) is 57.8 Å². The number of benzene rings is 1. The van der Waals surface area contributed by atoms with Gasteiger partial charge >= 0.3 is 6.18 Å². The summed E-state index contributed by atoms with van der Waals surface area (Å²) in [7, 11) is 0. The third-order valence-corrected chi connectivity index (χ3v) is 3.09. The van der Waals surface area contributed by atoms with Gasteiger partial charge in [-0.3, -0.25) is 0 Å². The second-order valence-electron chi connectivity index (χ2n) is 3.72. The van der Waals surface area contributed by atoms with E-state index in [4.69, 9.17) is 4.84 Å². The number of hydrogen-bond acceptors (Lipinski definition) is 3. The standard InChI is InChI=1S/C13H10F3NOS/c14-13(15,16)11-4-1-3-10(7-11)9-18-17-8-12-5-2-6-19-12/h1-8H,9H2. The van der Waals surface area contributed by atoms with Gasteiger partial charge in [0.25, 0.3) is 0 Å². The molecule has 1 aromatic carbocycles. The van der Waals surface area contributed by atoms with Crippen molar-refractivity contribution in [1.29, 1.82) is 0 Å². The predicted octanol–water partition coefficient (Wildman–Crippen LogP) is 4.32. The Hall–Kier alpha value is -1.82. The summed E-state index contributed by atoms with van der Waals surface area (Å²) in [5.41, 5.74) is -0.256. The van der Waals surface area contributed by atoms with Crippen molar-refractivity contribution in [3.8, 4) is 0 Å². The molecule has 0 bridgehead atoms. The van der Waals surface area contributed by atoms with Crippen LogP contribution >= 0.6 is 11.3 Å². The van der Waals surface area contributed by atoms with Gasteiger partial charge < -0.3 is 4.84 Å². The molecular weight excluding hydrogens is 275 g/mol. The van der Waals surface area contributed by atoms with E-state index in [1.54, 1.807) is 6.07 Å². The molecular formula is C13H10F3NOS. The van der Waals surface area contributed by atoms with Crippen molar-refractivity contribution in [2.45, 2.75) is 12.8 Å². The van der Waals surface area contributed by atoms with Gasteiger partial charge in [0.2, 0.25) is 0 Å². The van der Waals surface area contributed by atoms with Gasteiger partial charge in [0, 0.05) is 4.88 Å².